The van der Waals surface area contributed by atoms with E-state index in [4.69, 9.17) is 4.74 Å². The number of hydrogen-bond acceptors (Lipinski definition) is 4. The number of nitrogens with zero attached hydrogens (tertiary/aromatic N) is 2. The summed E-state index contributed by atoms with van der Waals surface area (Å²) < 4.78 is 31.1. The number of carbonyl (C=O) groups is 1. The standard InChI is InChI=1S/C14H28N2O4S/c1-11(2)21(18,19)16-9-7-12(8-10-16)15(6)13(17)20-14(3,4)5/h11-12H,7-10H2,1-6H3. The minimum absolute atomic E-state index is 0.0264. The second-order valence-electron chi connectivity index (χ2n) is 6.82. The topological polar surface area (TPSA) is 66.9 Å². The lowest BCUT2D eigenvalue weighted by atomic mass is 10.1. The Morgan fingerprint density at radius 3 is 2.10 bits per heavy atom. The minimum atomic E-state index is -3.20. The molecule has 1 heterocycles. The van der Waals surface area contributed by atoms with E-state index in [0.29, 0.717) is 25.9 Å². The van der Waals surface area contributed by atoms with Crippen molar-refractivity contribution >= 4 is 16.1 Å². The smallest absolute Gasteiger partial charge is 0.410 e. The number of hydrogen-bond donors (Lipinski definition) is 0. The molecule has 0 aliphatic carbocycles. The second kappa shape index (κ2) is 6.52. The summed E-state index contributed by atoms with van der Waals surface area (Å²) in [4.78, 5) is 13.6. The minimum Gasteiger partial charge on any atom is -0.444 e. The molecule has 0 spiro atoms. The predicted molar refractivity (Wildman–Crippen MR) is 82.6 cm³/mol. The molecule has 1 fully saturated rings. The fourth-order valence-corrected chi connectivity index (χ4v) is 3.58. The first-order valence-corrected chi connectivity index (χ1v) is 8.90. The van der Waals surface area contributed by atoms with Crippen LogP contribution >= 0.6 is 0 Å². The van der Waals surface area contributed by atoms with Gasteiger partial charge in [-0.3, -0.25) is 0 Å². The van der Waals surface area contributed by atoms with Crippen molar-refractivity contribution in [2.24, 2.45) is 0 Å². The maximum Gasteiger partial charge on any atom is 0.410 e. The van der Waals surface area contributed by atoms with E-state index in [9.17, 15) is 13.2 Å². The normalized spacial score (nSPS) is 18.8. The van der Waals surface area contributed by atoms with E-state index in [1.807, 2.05) is 20.8 Å². The molecule has 0 N–H and O–H groups in total. The first-order chi connectivity index (χ1) is 9.45. The summed E-state index contributed by atoms with van der Waals surface area (Å²) in [6.45, 7) is 9.78. The molecule has 1 saturated heterocycles. The van der Waals surface area contributed by atoms with Crippen LogP contribution in [0.5, 0.6) is 0 Å². The molecular weight excluding hydrogens is 292 g/mol. The highest BCUT2D eigenvalue weighted by atomic mass is 32.2. The molecule has 0 bridgehead atoms. The third-order valence-electron chi connectivity index (χ3n) is 3.61. The van der Waals surface area contributed by atoms with E-state index in [2.05, 4.69) is 0 Å². The van der Waals surface area contributed by atoms with Crippen LogP contribution in [0.4, 0.5) is 4.79 Å². The molecule has 0 atom stereocenters. The zero-order valence-corrected chi connectivity index (χ0v) is 14.7. The van der Waals surface area contributed by atoms with Gasteiger partial charge in [-0.15, -0.1) is 0 Å². The molecule has 7 heteroatoms. The lowest BCUT2D eigenvalue weighted by molar-refractivity contribution is 0.0178. The van der Waals surface area contributed by atoms with Gasteiger partial charge >= 0.3 is 6.09 Å². The van der Waals surface area contributed by atoms with Gasteiger partial charge in [0.2, 0.25) is 10.0 Å². The second-order valence-corrected chi connectivity index (χ2v) is 9.30. The number of piperidine rings is 1. The lowest BCUT2D eigenvalue weighted by Gasteiger charge is -2.37. The zero-order valence-electron chi connectivity index (χ0n) is 13.9. The van der Waals surface area contributed by atoms with E-state index >= 15 is 0 Å². The summed E-state index contributed by atoms with van der Waals surface area (Å²) in [5.41, 5.74) is -0.521. The largest absolute Gasteiger partial charge is 0.444 e. The third-order valence-corrected chi connectivity index (χ3v) is 5.88. The Morgan fingerprint density at radius 2 is 1.71 bits per heavy atom. The molecule has 21 heavy (non-hydrogen) atoms. The molecule has 0 aromatic rings. The lowest BCUT2D eigenvalue weighted by Crippen LogP contribution is -2.49. The molecule has 1 rings (SSSR count). The van der Waals surface area contributed by atoms with Gasteiger partial charge in [0.1, 0.15) is 5.60 Å². The van der Waals surface area contributed by atoms with E-state index in [1.54, 1.807) is 25.8 Å². The first kappa shape index (κ1) is 18.2. The SMILES string of the molecule is CC(C)S(=O)(=O)N1CCC(N(C)C(=O)OC(C)(C)C)CC1. The Morgan fingerprint density at radius 1 is 1.24 bits per heavy atom. The van der Waals surface area contributed by atoms with E-state index in [0.717, 1.165) is 0 Å². The Kier molecular flexibility index (Phi) is 5.66. The number of amides is 1. The van der Waals surface area contributed by atoms with Crippen LogP contribution in [-0.2, 0) is 14.8 Å². The first-order valence-electron chi connectivity index (χ1n) is 7.40. The van der Waals surface area contributed by atoms with Crippen LogP contribution in [0, 0.1) is 0 Å². The van der Waals surface area contributed by atoms with E-state index in [-0.39, 0.29) is 12.1 Å². The summed E-state index contributed by atoms with van der Waals surface area (Å²) in [6.07, 6.45) is 0.927. The fourth-order valence-electron chi connectivity index (χ4n) is 2.27. The molecule has 124 valence electrons. The van der Waals surface area contributed by atoms with Crippen LogP contribution < -0.4 is 0 Å². The molecule has 0 saturated carbocycles. The molecule has 6 nitrogen and oxygen atoms in total. The van der Waals surface area contributed by atoms with Gasteiger partial charge in [-0.1, -0.05) is 0 Å². The zero-order chi connectivity index (χ0) is 16.4. The summed E-state index contributed by atoms with van der Waals surface area (Å²) in [5.74, 6) is 0. The quantitative estimate of drug-likeness (QED) is 0.798. The van der Waals surface area contributed by atoms with Crippen LogP contribution in [0.3, 0.4) is 0 Å². The average Bonchev–Trinajstić information content (AvgIpc) is 2.35. The predicted octanol–water partition coefficient (Wildman–Crippen LogP) is 2.06. The Bertz CT molecular complexity index is 460. The van der Waals surface area contributed by atoms with Crippen LogP contribution in [0.25, 0.3) is 0 Å². The maximum atomic E-state index is 12.1. The molecule has 0 aromatic carbocycles. The van der Waals surface area contributed by atoms with Crippen LogP contribution in [-0.4, -0.2) is 60.7 Å². The van der Waals surface area contributed by atoms with Gasteiger partial charge in [0.05, 0.1) is 5.25 Å². The van der Waals surface area contributed by atoms with E-state index < -0.39 is 20.9 Å². The number of carbonyl (C=O) groups excluding carboxylic acids is 1. The molecule has 1 aliphatic rings. The van der Waals surface area contributed by atoms with Crippen LogP contribution in [0.15, 0.2) is 0 Å². The molecule has 1 aliphatic heterocycles. The summed E-state index contributed by atoms with van der Waals surface area (Å²) >= 11 is 0. The highest BCUT2D eigenvalue weighted by Gasteiger charge is 2.33. The van der Waals surface area contributed by atoms with Crippen LogP contribution in [0.1, 0.15) is 47.5 Å². The average molecular weight is 320 g/mol. The molecule has 1 amide bonds. The van der Waals surface area contributed by atoms with Gasteiger partial charge in [-0.25, -0.2) is 17.5 Å². The molecule has 0 radical (unpaired) electrons. The highest BCUT2D eigenvalue weighted by molar-refractivity contribution is 7.89. The number of sulfonamides is 1. The Balaban J connectivity index is 2.59. The fraction of sp³-hybridized carbons (Fsp3) is 0.929. The van der Waals surface area contributed by atoms with Crippen molar-refractivity contribution in [3.63, 3.8) is 0 Å². The van der Waals surface area contributed by atoms with Crippen molar-refractivity contribution in [2.45, 2.75) is 64.4 Å². The summed E-state index contributed by atoms with van der Waals surface area (Å²) in [6, 6.07) is 0.0264. The van der Waals surface area contributed by atoms with Crippen LogP contribution in [0.2, 0.25) is 0 Å². The van der Waals surface area contributed by atoms with Crippen molar-refractivity contribution in [3.05, 3.63) is 0 Å². The summed E-state index contributed by atoms with van der Waals surface area (Å²) in [5, 5.41) is -0.405. The van der Waals surface area contributed by atoms with Gasteiger partial charge in [-0.2, -0.15) is 0 Å². The summed E-state index contributed by atoms with van der Waals surface area (Å²) in [7, 11) is -1.49. The van der Waals surface area contributed by atoms with Gasteiger partial charge in [0.15, 0.2) is 0 Å². The van der Waals surface area contributed by atoms with Crippen molar-refractivity contribution in [2.75, 3.05) is 20.1 Å². The van der Waals surface area contributed by atoms with Crippen molar-refractivity contribution in [3.8, 4) is 0 Å². The molecular formula is C14H28N2O4S. The van der Waals surface area contributed by atoms with Gasteiger partial charge < -0.3 is 9.64 Å². The Hall–Kier alpha value is -0.820. The third kappa shape index (κ3) is 4.85. The maximum absolute atomic E-state index is 12.1. The number of ether oxygens (including phenoxy) is 1. The monoisotopic (exact) mass is 320 g/mol. The highest BCUT2D eigenvalue weighted by Crippen LogP contribution is 2.21. The molecule has 0 unspecified atom stereocenters. The van der Waals surface area contributed by atoms with Crippen molar-refractivity contribution < 1.29 is 17.9 Å². The van der Waals surface area contributed by atoms with Crippen molar-refractivity contribution in [1.82, 2.24) is 9.21 Å². The van der Waals surface area contributed by atoms with Gasteiger partial charge in [0.25, 0.3) is 0 Å². The Labute approximate surface area is 128 Å². The van der Waals surface area contributed by atoms with Crippen molar-refractivity contribution in [1.29, 1.82) is 0 Å². The molecule has 0 aromatic heterocycles. The van der Waals surface area contributed by atoms with E-state index in [1.165, 1.54) is 4.31 Å². The van der Waals surface area contributed by atoms with Gasteiger partial charge in [-0.05, 0) is 47.5 Å². The number of rotatable bonds is 3. The van der Waals surface area contributed by atoms with Gasteiger partial charge in [0, 0.05) is 26.2 Å².